The van der Waals surface area contributed by atoms with Gasteiger partial charge in [0.1, 0.15) is 0 Å². The Hall–Kier alpha value is -0.900. The second-order valence-corrected chi connectivity index (χ2v) is 5.65. The molecule has 1 saturated carbocycles. The quantitative estimate of drug-likeness (QED) is 0.811. The van der Waals surface area contributed by atoms with Crippen molar-refractivity contribution in [2.24, 2.45) is 17.1 Å². The van der Waals surface area contributed by atoms with Crippen LogP contribution in [0.3, 0.4) is 0 Å². The van der Waals surface area contributed by atoms with Crippen molar-refractivity contribution in [3.05, 3.63) is 11.7 Å². The minimum Gasteiger partial charge on any atom is -0.339 e. The molecular weight excluding hydrogens is 190 g/mol. The Labute approximate surface area is 90.2 Å². The van der Waals surface area contributed by atoms with Gasteiger partial charge in [0.05, 0.1) is 6.04 Å². The van der Waals surface area contributed by atoms with Gasteiger partial charge in [-0.25, -0.2) is 0 Å². The number of nitrogens with two attached hydrogens (primary N) is 1. The molecule has 1 aliphatic carbocycles. The molecule has 3 unspecified atom stereocenters. The van der Waals surface area contributed by atoms with Gasteiger partial charge in [0.15, 0.2) is 5.82 Å². The zero-order chi connectivity index (χ0) is 11.2. The molecule has 0 spiro atoms. The van der Waals surface area contributed by atoms with Crippen LogP contribution in [0.2, 0.25) is 0 Å². The van der Waals surface area contributed by atoms with E-state index in [-0.39, 0.29) is 11.5 Å². The molecule has 3 atom stereocenters. The van der Waals surface area contributed by atoms with Crippen LogP contribution in [0.4, 0.5) is 0 Å². The third-order valence-electron chi connectivity index (χ3n) is 3.10. The molecule has 15 heavy (non-hydrogen) atoms. The molecule has 2 rings (SSSR count). The van der Waals surface area contributed by atoms with Crippen molar-refractivity contribution in [3.8, 4) is 0 Å². The molecular formula is C11H19N3O. The SMILES string of the molecule is CC1CC1c1nc(C(N)C(C)(C)C)no1. The Bertz CT molecular complexity index is 353. The fourth-order valence-electron chi connectivity index (χ4n) is 1.58. The number of aromatic nitrogens is 2. The van der Waals surface area contributed by atoms with E-state index >= 15 is 0 Å². The Morgan fingerprint density at radius 3 is 2.53 bits per heavy atom. The number of hydrogen-bond donors (Lipinski definition) is 1. The summed E-state index contributed by atoms with van der Waals surface area (Å²) in [6.07, 6.45) is 1.16. The van der Waals surface area contributed by atoms with Crippen molar-refractivity contribution in [1.82, 2.24) is 10.1 Å². The van der Waals surface area contributed by atoms with Crippen LogP contribution in [0.5, 0.6) is 0 Å². The van der Waals surface area contributed by atoms with E-state index in [0.29, 0.717) is 17.7 Å². The van der Waals surface area contributed by atoms with Gasteiger partial charge in [-0.1, -0.05) is 32.9 Å². The molecule has 2 N–H and O–H groups in total. The summed E-state index contributed by atoms with van der Waals surface area (Å²) >= 11 is 0. The van der Waals surface area contributed by atoms with Crippen LogP contribution >= 0.6 is 0 Å². The molecule has 4 nitrogen and oxygen atoms in total. The maximum absolute atomic E-state index is 6.06. The number of nitrogens with zero attached hydrogens (tertiary/aromatic N) is 2. The van der Waals surface area contributed by atoms with Gasteiger partial charge in [0.2, 0.25) is 5.89 Å². The Morgan fingerprint density at radius 2 is 2.07 bits per heavy atom. The molecule has 1 aromatic heterocycles. The highest BCUT2D eigenvalue weighted by Crippen LogP contribution is 2.46. The normalized spacial score (nSPS) is 27.8. The first-order valence-corrected chi connectivity index (χ1v) is 5.48. The van der Waals surface area contributed by atoms with E-state index in [9.17, 15) is 0 Å². The smallest absolute Gasteiger partial charge is 0.230 e. The molecule has 1 aliphatic rings. The summed E-state index contributed by atoms with van der Waals surface area (Å²) in [5, 5.41) is 3.97. The predicted molar refractivity (Wildman–Crippen MR) is 57.2 cm³/mol. The summed E-state index contributed by atoms with van der Waals surface area (Å²) in [6, 6.07) is -0.163. The zero-order valence-electron chi connectivity index (χ0n) is 9.82. The summed E-state index contributed by atoms with van der Waals surface area (Å²) in [7, 11) is 0. The van der Waals surface area contributed by atoms with Crippen LogP contribution in [-0.4, -0.2) is 10.1 Å². The van der Waals surface area contributed by atoms with E-state index in [4.69, 9.17) is 10.3 Å². The highest BCUT2D eigenvalue weighted by Gasteiger charge is 2.39. The molecule has 0 radical (unpaired) electrons. The van der Waals surface area contributed by atoms with Crippen LogP contribution in [-0.2, 0) is 0 Å². The van der Waals surface area contributed by atoms with E-state index in [2.05, 4.69) is 37.8 Å². The second kappa shape index (κ2) is 3.30. The molecule has 4 heteroatoms. The first-order valence-electron chi connectivity index (χ1n) is 5.48. The third kappa shape index (κ3) is 2.04. The first-order chi connectivity index (χ1) is 6.89. The van der Waals surface area contributed by atoms with E-state index in [1.807, 2.05) is 0 Å². The van der Waals surface area contributed by atoms with Crippen molar-refractivity contribution < 1.29 is 4.52 Å². The molecule has 84 valence electrons. The largest absolute Gasteiger partial charge is 0.339 e. The average Bonchev–Trinajstić information content (AvgIpc) is 2.67. The van der Waals surface area contributed by atoms with Gasteiger partial charge in [0, 0.05) is 5.92 Å². The second-order valence-electron chi connectivity index (χ2n) is 5.65. The highest BCUT2D eigenvalue weighted by molar-refractivity contribution is 5.08. The number of hydrogen-bond acceptors (Lipinski definition) is 4. The topological polar surface area (TPSA) is 64.9 Å². The van der Waals surface area contributed by atoms with Crippen LogP contribution in [0, 0.1) is 11.3 Å². The van der Waals surface area contributed by atoms with Crippen LogP contribution < -0.4 is 5.73 Å². The Balaban J connectivity index is 2.13. The average molecular weight is 209 g/mol. The molecule has 1 aromatic rings. The first kappa shape index (κ1) is 10.6. The van der Waals surface area contributed by atoms with Gasteiger partial charge in [0.25, 0.3) is 0 Å². The lowest BCUT2D eigenvalue weighted by atomic mass is 9.87. The summed E-state index contributed by atoms with van der Waals surface area (Å²) in [5.74, 6) is 2.55. The minimum absolute atomic E-state index is 0.0314. The van der Waals surface area contributed by atoms with Gasteiger partial charge in [-0.2, -0.15) is 4.98 Å². The van der Waals surface area contributed by atoms with Crippen LogP contribution in [0.25, 0.3) is 0 Å². The lowest BCUT2D eigenvalue weighted by Crippen LogP contribution is -2.27. The standard InChI is InChI=1S/C11H19N3O/c1-6-5-7(6)10-13-9(14-15-10)8(12)11(2,3)4/h6-8H,5,12H2,1-4H3. The van der Waals surface area contributed by atoms with Crippen molar-refractivity contribution in [3.63, 3.8) is 0 Å². The van der Waals surface area contributed by atoms with E-state index in [0.717, 1.165) is 12.3 Å². The van der Waals surface area contributed by atoms with Gasteiger partial charge < -0.3 is 10.3 Å². The van der Waals surface area contributed by atoms with Gasteiger partial charge in [-0.15, -0.1) is 0 Å². The van der Waals surface area contributed by atoms with Crippen molar-refractivity contribution >= 4 is 0 Å². The van der Waals surface area contributed by atoms with E-state index in [1.165, 1.54) is 0 Å². The summed E-state index contributed by atoms with van der Waals surface area (Å²) < 4.78 is 5.23. The van der Waals surface area contributed by atoms with Gasteiger partial charge in [-0.05, 0) is 17.8 Å². The molecule has 1 heterocycles. The fourth-order valence-corrected chi connectivity index (χ4v) is 1.58. The molecule has 0 saturated heterocycles. The maximum Gasteiger partial charge on any atom is 0.230 e. The lowest BCUT2D eigenvalue weighted by molar-refractivity contribution is 0.300. The summed E-state index contributed by atoms with van der Waals surface area (Å²) in [5.41, 5.74) is 6.02. The highest BCUT2D eigenvalue weighted by atomic mass is 16.5. The monoisotopic (exact) mass is 209 g/mol. The van der Waals surface area contributed by atoms with Gasteiger partial charge in [-0.3, -0.25) is 0 Å². The Morgan fingerprint density at radius 1 is 1.47 bits per heavy atom. The van der Waals surface area contributed by atoms with Crippen molar-refractivity contribution in [2.45, 2.75) is 46.1 Å². The van der Waals surface area contributed by atoms with E-state index in [1.54, 1.807) is 0 Å². The molecule has 1 fully saturated rings. The molecule has 0 aliphatic heterocycles. The van der Waals surface area contributed by atoms with Crippen LogP contribution in [0.15, 0.2) is 4.52 Å². The fraction of sp³-hybridized carbons (Fsp3) is 0.818. The zero-order valence-corrected chi connectivity index (χ0v) is 9.82. The summed E-state index contributed by atoms with van der Waals surface area (Å²) in [4.78, 5) is 4.39. The molecule has 0 aromatic carbocycles. The Kier molecular flexibility index (Phi) is 2.34. The van der Waals surface area contributed by atoms with Crippen LogP contribution in [0.1, 0.15) is 57.8 Å². The molecule has 0 bridgehead atoms. The lowest BCUT2D eigenvalue weighted by Gasteiger charge is -2.23. The van der Waals surface area contributed by atoms with Crippen molar-refractivity contribution in [2.75, 3.05) is 0 Å². The molecule has 0 amide bonds. The maximum atomic E-state index is 6.06. The number of rotatable bonds is 2. The summed E-state index contributed by atoms with van der Waals surface area (Å²) in [6.45, 7) is 8.42. The predicted octanol–water partition coefficient (Wildman–Crippen LogP) is 2.24. The van der Waals surface area contributed by atoms with Crippen molar-refractivity contribution in [1.29, 1.82) is 0 Å². The van der Waals surface area contributed by atoms with Gasteiger partial charge >= 0.3 is 0 Å². The third-order valence-corrected chi connectivity index (χ3v) is 3.10. The minimum atomic E-state index is -0.163. The van der Waals surface area contributed by atoms with E-state index < -0.39 is 0 Å².